The van der Waals surface area contributed by atoms with Crippen LogP contribution in [0.5, 0.6) is 0 Å². The molecule has 0 radical (unpaired) electrons. The van der Waals surface area contributed by atoms with Gasteiger partial charge < -0.3 is 9.73 Å². The highest BCUT2D eigenvalue weighted by molar-refractivity contribution is 5.13. The number of hydrogen-bond acceptors (Lipinski definition) is 2. The second-order valence-corrected chi connectivity index (χ2v) is 5.77. The third kappa shape index (κ3) is 3.12. The first-order valence-electron chi connectivity index (χ1n) is 6.96. The van der Waals surface area contributed by atoms with Crippen LogP contribution in [0.3, 0.4) is 0 Å². The fourth-order valence-corrected chi connectivity index (χ4v) is 3.51. The number of rotatable bonds is 4. The molecular formula is C15H25NO. The van der Waals surface area contributed by atoms with Gasteiger partial charge in [-0.15, -0.1) is 0 Å². The molecule has 2 rings (SSSR count). The Morgan fingerprint density at radius 1 is 1.29 bits per heavy atom. The molecule has 1 aromatic heterocycles. The van der Waals surface area contributed by atoms with Gasteiger partial charge in [-0.3, -0.25) is 0 Å². The van der Waals surface area contributed by atoms with E-state index in [4.69, 9.17) is 4.42 Å². The molecule has 0 amide bonds. The lowest BCUT2D eigenvalue weighted by Crippen LogP contribution is -2.33. The zero-order valence-electron chi connectivity index (χ0n) is 11.3. The second-order valence-electron chi connectivity index (χ2n) is 5.77. The fourth-order valence-electron chi connectivity index (χ4n) is 3.51. The minimum absolute atomic E-state index is 0.476. The maximum absolute atomic E-state index is 5.25. The van der Waals surface area contributed by atoms with Crippen molar-refractivity contribution in [2.45, 2.75) is 46.1 Å². The fraction of sp³-hybridized carbons (Fsp3) is 0.733. The van der Waals surface area contributed by atoms with E-state index in [0.29, 0.717) is 6.04 Å². The Bertz CT molecular complexity index is 310. The van der Waals surface area contributed by atoms with Crippen molar-refractivity contribution in [1.29, 1.82) is 0 Å². The van der Waals surface area contributed by atoms with E-state index < -0.39 is 0 Å². The van der Waals surface area contributed by atoms with Crippen LogP contribution in [-0.4, -0.2) is 6.54 Å². The third-order valence-electron chi connectivity index (χ3n) is 4.01. The Labute approximate surface area is 105 Å². The first kappa shape index (κ1) is 12.7. The quantitative estimate of drug-likeness (QED) is 0.853. The monoisotopic (exact) mass is 235 g/mol. The van der Waals surface area contributed by atoms with Gasteiger partial charge in [0.2, 0.25) is 0 Å². The summed E-state index contributed by atoms with van der Waals surface area (Å²) in [7, 11) is 0. The maximum atomic E-state index is 5.25. The van der Waals surface area contributed by atoms with Crippen molar-refractivity contribution in [2.24, 2.45) is 17.8 Å². The van der Waals surface area contributed by atoms with Crippen LogP contribution in [0.15, 0.2) is 23.0 Å². The highest BCUT2D eigenvalue weighted by Gasteiger charge is 2.30. The molecule has 0 aromatic carbocycles. The molecule has 0 aliphatic heterocycles. The van der Waals surface area contributed by atoms with E-state index in [1.54, 1.807) is 6.26 Å². The van der Waals surface area contributed by atoms with Crippen LogP contribution < -0.4 is 5.32 Å². The zero-order chi connectivity index (χ0) is 12.3. The number of nitrogens with one attached hydrogen (secondary N) is 1. The summed E-state index contributed by atoms with van der Waals surface area (Å²) >= 11 is 0. The van der Waals surface area contributed by atoms with Crippen LogP contribution >= 0.6 is 0 Å². The molecule has 1 heterocycles. The normalized spacial score (nSPS) is 31.4. The predicted molar refractivity (Wildman–Crippen MR) is 70.8 cm³/mol. The molecule has 17 heavy (non-hydrogen) atoms. The van der Waals surface area contributed by atoms with Crippen molar-refractivity contribution in [3.63, 3.8) is 0 Å². The highest BCUT2D eigenvalue weighted by Crippen LogP contribution is 2.39. The number of furan rings is 1. The lowest BCUT2D eigenvalue weighted by Gasteiger charge is -2.36. The van der Waals surface area contributed by atoms with Crippen LogP contribution in [0.1, 0.15) is 51.6 Å². The van der Waals surface area contributed by atoms with Gasteiger partial charge in [0.1, 0.15) is 0 Å². The van der Waals surface area contributed by atoms with Gasteiger partial charge in [0.25, 0.3) is 0 Å². The Kier molecular flexibility index (Phi) is 4.27. The lowest BCUT2D eigenvalue weighted by atomic mass is 9.72. The minimum Gasteiger partial charge on any atom is -0.472 e. The summed E-state index contributed by atoms with van der Waals surface area (Å²) < 4.78 is 5.25. The largest absolute Gasteiger partial charge is 0.472 e. The van der Waals surface area contributed by atoms with Crippen LogP contribution in [0.2, 0.25) is 0 Å². The molecule has 2 heteroatoms. The van der Waals surface area contributed by atoms with Crippen LogP contribution in [0, 0.1) is 17.8 Å². The lowest BCUT2D eigenvalue weighted by molar-refractivity contribution is 0.177. The summed E-state index contributed by atoms with van der Waals surface area (Å²) in [5, 5.41) is 3.64. The standard InChI is InChI=1S/C15H25NO/c1-4-16-15(13-5-6-17-10-13)14-8-11(2)7-12(3)9-14/h5-6,10-12,14-16H,4,7-9H2,1-3H3. The molecule has 1 aliphatic rings. The van der Waals surface area contributed by atoms with Crippen molar-refractivity contribution in [3.8, 4) is 0 Å². The van der Waals surface area contributed by atoms with Crippen molar-refractivity contribution in [2.75, 3.05) is 6.54 Å². The van der Waals surface area contributed by atoms with Gasteiger partial charge in [-0.05, 0) is 49.6 Å². The average Bonchev–Trinajstić information content (AvgIpc) is 2.77. The van der Waals surface area contributed by atoms with Gasteiger partial charge in [-0.2, -0.15) is 0 Å². The molecule has 0 bridgehead atoms. The van der Waals surface area contributed by atoms with E-state index in [-0.39, 0.29) is 0 Å². The van der Waals surface area contributed by atoms with Crippen molar-refractivity contribution in [3.05, 3.63) is 24.2 Å². The topological polar surface area (TPSA) is 25.2 Å². The van der Waals surface area contributed by atoms with Crippen LogP contribution in [-0.2, 0) is 0 Å². The zero-order valence-corrected chi connectivity index (χ0v) is 11.3. The molecule has 0 spiro atoms. The molecule has 2 nitrogen and oxygen atoms in total. The third-order valence-corrected chi connectivity index (χ3v) is 4.01. The summed E-state index contributed by atoms with van der Waals surface area (Å²) in [5.41, 5.74) is 1.32. The minimum atomic E-state index is 0.476. The van der Waals surface area contributed by atoms with E-state index in [9.17, 15) is 0 Å². The van der Waals surface area contributed by atoms with Crippen molar-refractivity contribution in [1.82, 2.24) is 5.32 Å². The van der Waals surface area contributed by atoms with E-state index in [0.717, 1.165) is 24.3 Å². The van der Waals surface area contributed by atoms with E-state index >= 15 is 0 Å². The summed E-state index contributed by atoms with van der Waals surface area (Å²) in [5.74, 6) is 2.47. The molecule has 1 fully saturated rings. The van der Waals surface area contributed by atoms with E-state index in [1.807, 2.05) is 6.26 Å². The van der Waals surface area contributed by atoms with Gasteiger partial charge in [0.15, 0.2) is 0 Å². The molecule has 3 atom stereocenters. The smallest absolute Gasteiger partial charge is 0.0950 e. The molecule has 1 aliphatic carbocycles. The Balaban J connectivity index is 2.10. The highest BCUT2D eigenvalue weighted by atomic mass is 16.3. The molecule has 96 valence electrons. The molecule has 1 N–H and O–H groups in total. The summed E-state index contributed by atoms with van der Waals surface area (Å²) in [4.78, 5) is 0. The molecular weight excluding hydrogens is 210 g/mol. The Morgan fingerprint density at radius 3 is 2.53 bits per heavy atom. The first-order valence-corrected chi connectivity index (χ1v) is 6.96. The van der Waals surface area contributed by atoms with Gasteiger partial charge in [0, 0.05) is 11.6 Å². The summed E-state index contributed by atoms with van der Waals surface area (Å²) in [6.45, 7) is 7.99. The number of hydrogen-bond donors (Lipinski definition) is 1. The average molecular weight is 235 g/mol. The van der Waals surface area contributed by atoms with Gasteiger partial charge in [0.05, 0.1) is 12.5 Å². The molecule has 1 saturated carbocycles. The van der Waals surface area contributed by atoms with Gasteiger partial charge in [-0.25, -0.2) is 0 Å². The molecule has 3 unspecified atom stereocenters. The predicted octanol–water partition coefficient (Wildman–Crippen LogP) is 4.00. The van der Waals surface area contributed by atoms with Crippen molar-refractivity contribution >= 4 is 0 Å². The Morgan fingerprint density at radius 2 is 2.00 bits per heavy atom. The summed E-state index contributed by atoms with van der Waals surface area (Å²) in [6, 6.07) is 2.58. The van der Waals surface area contributed by atoms with Gasteiger partial charge >= 0.3 is 0 Å². The summed E-state index contributed by atoms with van der Waals surface area (Å²) in [6.07, 6.45) is 7.76. The maximum Gasteiger partial charge on any atom is 0.0950 e. The first-order chi connectivity index (χ1) is 8.20. The van der Waals surface area contributed by atoms with E-state index in [1.165, 1.54) is 24.8 Å². The Hall–Kier alpha value is -0.760. The van der Waals surface area contributed by atoms with Crippen LogP contribution in [0.25, 0.3) is 0 Å². The molecule has 1 aromatic rings. The van der Waals surface area contributed by atoms with Crippen molar-refractivity contribution < 1.29 is 4.42 Å². The van der Waals surface area contributed by atoms with Gasteiger partial charge in [-0.1, -0.05) is 20.8 Å². The second kappa shape index (κ2) is 5.72. The van der Waals surface area contributed by atoms with Crippen LogP contribution in [0.4, 0.5) is 0 Å². The van der Waals surface area contributed by atoms with E-state index in [2.05, 4.69) is 32.2 Å². The molecule has 0 saturated heterocycles. The SMILES string of the molecule is CCNC(c1ccoc1)C1CC(C)CC(C)C1.